The summed E-state index contributed by atoms with van der Waals surface area (Å²) in [5.74, 6) is -0.587. The Bertz CT molecular complexity index is 1170. The largest absolute Gasteiger partial charge is 0.411 e. The predicted octanol–water partition coefficient (Wildman–Crippen LogP) is 12.0. The third kappa shape index (κ3) is 50.4. The van der Waals surface area contributed by atoms with Gasteiger partial charge in [-0.15, -0.1) is 0 Å². The molecular weight excluding hydrogens is 620 g/mol. The van der Waals surface area contributed by atoms with Gasteiger partial charge in [0.05, 0.1) is 23.9 Å². The van der Waals surface area contributed by atoms with Crippen LogP contribution in [0.15, 0.2) is 91.3 Å². The first-order valence-corrected chi connectivity index (χ1v) is 16.4. The number of aryl methyl sites for hydroxylation is 1. The van der Waals surface area contributed by atoms with E-state index in [0.29, 0.717) is 6.04 Å². The van der Waals surface area contributed by atoms with Crippen LogP contribution in [0, 0.1) is 35.0 Å². The lowest BCUT2D eigenvalue weighted by atomic mass is 10.1. The summed E-state index contributed by atoms with van der Waals surface area (Å²) >= 11 is 0. The molecule has 1 amide bonds. The average molecular weight is 686 g/mol. The van der Waals surface area contributed by atoms with Crippen LogP contribution in [0.4, 0.5) is 13.6 Å². The first kappa shape index (κ1) is 56.7. The van der Waals surface area contributed by atoms with Crippen LogP contribution in [0.5, 0.6) is 0 Å². The molecule has 0 bridgehead atoms. The van der Waals surface area contributed by atoms with Crippen molar-refractivity contribution in [2.24, 2.45) is 5.73 Å². The summed E-state index contributed by atoms with van der Waals surface area (Å²) in [5.41, 5.74) is 8.71. The molecule has 1 atom stereocenters. The van der Waals surface area contributed by atoms with E-state index in [1.165, 1.54) is 44.9 Å². The van der Waals surface area contributed by atoms with Crippen molar-refractivity contribution < 1.29 is 18.3 Å². The monoisotopic (exact) mass is 686 g/mol. The van der Waals surface area contributed by atoms with Gasteiger partial charge in [0.25, 0.3) is 0 Å². The molecule has 2 aromatic rings. The Balaban J connectivity index is -0.000000116. The fraction of sp³-hybridized carbons (Fsp3) is 0.450. The summed E-state index contributed by atoms with van der Waals surface area (Å²) in [4.78, 5) is 12.0. The maximum atomic E-state index is 12.1. The third-order valence-electron chi connectivity index (χ3n) is 5.02. The highest BCUT2D eigenvalue weighted by Gasteiger charge is 2.07. The molecule has 0 aromatic heterocycles. The van der Waals surface area contributed by atoms with E-state index in [0.717, 1.165) is 30.5 Å². The smallest absolute Gasteiger partial charge is 0.396 e. The minimum atomic E-state index is -0.937. The van der Waals surface area contributed by atoms with E-state index in [1.54, 1.807) is 12.1 Å². The van der Waals surface area contributed by atoms with Crippen molar-refractivity contribution in [3.63, 3.8) is 0 Å². The second-order valence-corrected chi connectivity index (χ2v) is 9.47. The van der Waals surface area contributed by atoms with Crippen molar-refractivity contribution in [3.05, 3.63) is 108 Å². The van der Waals surface area contributed by atoms with Crippen LogP contribution in [0.25, 0.3) is 0 Å². The third-order valence-corrected chi connectivity index (χ3v) is 5.02. The molecule has 0 aliphatic heterocycles. The van der Waals surface area contributed by atoms with Crippen LogP contribution in [-0.4, -0.2) is 36.7 Å². The average Bonchev–Trinajstić information content (AvgIpc) is 3.06. The van der Waals surface area contributed by atoms with Crippen molar-refractivity contribution in [2.45, 2.75) is 108 Å². The van der Waals surface area contributed by atoms with E-state index < -0.39 is 18.1 Å². The SMILES string of the molecule is C=C/C(=C\C(=C)F)CCC.CC.CC.CC#N.CC(=N)OC(N)=O.CC(C)F.CCN(C)C(C)c1ccccc1.Cc1ccc(C#N)cc1. The number of primary amides is 1. The second-order valence-electron chi connectivity index (χ2n) is 9.47. The van der Waals surface area contributed by atoms with Gasteiger partial charge in [0.2, 0.25) is 0 Å². The maximum absolute atomic E-state index is 12.1. The van der Waals surface area contributed by atoms with Gasteiger partial charge in [-0.2, -0.15) is 10.5 Å². The molecule has 0 saturated carbocycles. The van der Waals surface area contributed by atoms with Gasteiger partial charge in [-0.25, -0.2) is 13.6 Å². The van der Waals surface area contributed by atoms with E-state index in [4.69, 9.17) is 15.9 Å². The van der Waals surface area contributed by atoms with Crippen LogP contribution >= 0.6 is 0 Å². The molecule has 3 N–H and O–H groups in total. The topological polar surface area (TPSA) is 127 Å². The Morgan fingerprint density at radius 2 is 1.47 bits per heavy atom. The summed E-state index contributed by atoms with van der Waals surface area (Å²) in [7, 11) is 2.15. The molecule has 1 unspecified atom stereocenters. The standard InChI is InChI=1S/C11H17N.C9H13F.C8H7N.C3H7F.C3H6N2O2.C2H3N.2C2H6/c1-4-12(3)10(2)11-8-6-5-7-9-11;1-4-6-9(5-2)7-8(3)10;1-7-2-4-8(6-9)5-3-7;1-3(2)4;1-2(4)7-3(5)6;1-2-3;2*1-2/h5-10H,4H2,1-3H3;5,7H,2-4,6H2,1H3;2-5H,1H3;3H,1-2H3;4H,1H3,(H2,5,6);1H3;2*1-2H3/b;9-7+;;;;;;. The Morgan fingerprint density at radius 1 is 1.04 bits per heavy atom. The number of nitrogens with zero attached hydrogens (tertiary/aromatic N) is 3. The first-order chi connectivity index (χ1) is 23.1. The van der Waals surface area contributed by atoms with Crippen molar-refractivity contribution in [1.82, 2.24) is 4.90 Å². The Morgan fingerprint density at radius 3 is 1.73 bits per heavy atom. The van der Waals surface area contributed by atoms with Gasteiger partial charge in [0, 0.05) is 19.9 Å². The Labute approximate surface area is 298 Å². The van der Waals surface area contributed by atoms with Gasteiger partial charge in [-0.05, 0) is 77.1 Å². The number of nitrogens with two attached hydrogens (primary N) is 1. The number of rotatable bonds is 7. The van der Waals surface area contributed by atoms with Gasteiger partial charge >= 0.3 is 6.09 Å². The van der Waals surface area contributed by atoms with Crippen molar-refractivity contribution in [3.8, 4) is 12.1 Å². The number of allylic oxidation sites excluding steroid dienone is 4. The molecular formula is C40H65F2N5O2. The quantitative estimate of drug-likeness (QED) is 0.170. The van der Waals surface area contributed by atoms with E-state index >= 15 is 0 Å². The normalized spacial score (nSPS) is 9.33. The van der Waals surface area contributed by atoms with Crippen LogP contribution in [-0.2, 0) is 4.74 Å². The fourth-order valence-corrected chi connectivity index (χ4v) is 2.76. The first-order valence-electron chi connectivity index (χ1n) is 16.4. The summed E-state index contributed by atoms with van der Waals surface area (Å²) in [5, 5.41) is 22.2. The van der Waals surface area contributed by atoms with Crippen molar-refractivity contribution in [2.75, 3.05) is 13.6 Å². The van der Waals surface area contributed by atoms with Gasteiger partial charge < -0.3 is 10.5 Å². The minimum absolute atomic E-state index is 0.187. The van der Waals surface area contributed by atoms with E-state index in [2.05, 4.69) is 85.8 Å². The highest BCUT2D eigenvalue weighted by molar-refractivity contribution is 5.83. The molecule has 2 rings (SSSR count). The molecule has 0 radical (unpaired) electrons. The van der Waals surface area contributed by atoms with Gasteiger partial charge in [-0.3, -0.25) is 10.3 Å². The molecule has 0 fully saturated rings. The number of benzene rings is 2. The molecule has 9 heteroatoms. The highest BCUT2D eigenvalue weighted by atomic mass is 19.1. The molecule has 0 spiro atoms. The molecule has 7 nitrogen and oxygen atoms in total. The highest BCUT2D eigenvalue weighted by Crippen LogP contribution is 2.17. The molecule has 0 aliphatic rings. The zero-order chi connectivity index (χ0) is 39.8. The Hall–Kier alpha value is -4.60. The number of nitrogens with one attached hydrogen (secondary N) is 1. The lowest BCUT2D eigenvalue weighted by Gasteiger charge is -2.23. The Kier molecular flexibility index (Phi) is 50.2. The van der Waals surface area contributed by atoms with Crippen LogP contribution in [0.2, 0.25) is 0 Å². The maximum Gasteiger partial charge on any atom is 0.411 e. The lowest BCUT2D eigenvalue weighted by Crippen LogP contribution is -2.21. The van der Waals surface area contributed by atoms with E-state index in [-0.39, 0.29) is 5.90 Å². The fourth-order valence-electron chi connectivity index (χ4n) is 2.76. The number of hydrogen-bond acceptors (Lipinski definition) is 6. The van der Waals surface area contributed by atoms with Crippen molar-refractivity contribution >= 4 is 12.0 Å². The molecule has 49 heavy (non-hydrogen) atoms. The summed E-state index contributed by atoms with van der Waals surface area (Å²) in [6.07, 6.45) is 3.34. The molecule has 0 heterocycles. The summed E-state index contributed by atoms with van der Waals surface area (Å²) < 4.78 is 27.1. The number of alkyl halides is 1. The molecule has 0 saturated heterocycles. The van der Waals surface area contributed by atoms with Gasteiger partial charge in [0.15, 0.2) is 5.90 Å². The second kappa shape index (κ2) is 43.4. The predicted molar refractivity (Wildman–Crippen MR) is 207 cm³/mol. The van der Waals surface area contributed by atoms with E-state index in [1.807, 2.05) is 65.8 Å². The molecule has 2 aromatic carbocycles. The number of nitriles is 2. The van der Waals surface area contributed by atoms with Gasteiger partial charge in [0.1, 0.15) is 5.83 Å². The van der Waals surface area contributed by atoms with Gasteiger partial charge in [-0.1, -0.05) is 115 Å². The minimum Gasteiger partial charge on any atom is -0.396 e. The van der Waals surface area contributed by atoms with Crippen molar-refractivity contribution in [1.29, 1.82) is 15.9 Å². The zero-order valence-electron chi connectivity index (χ0n) is 32.5. The number of ether oxygens (including phenoxy) is 1. The zero-order valence-corrected chi connectivity index (χ0v) is 32.5. The number of carbonyl (C=O) groups excluding carboxylic acids is 1. The number of hydrogen-bond donors (Lipinski definition) is 2. The molecule has 276 valence electrons. The summed E-state index contributed by atoms with van der Waals surface area (Å²) in [6.45, 7) is 30.0. The van der Waals surface area contributed by atoms with E-state index in [9.17, 15) is 13.6 Å². The van der Waals surface area contributed by atoms with Crippen LogP contribution in [0.1, 0.15) is 112 Å². The summed E-state index contributed by atoms with van der Waals surface area (Å²) in [6, 6.07) is 22.4. The number of amides is 1. The van der Waals surface area contributed by atoms with Crippen LogP contribution in [0.3, 0.4) is 0 Å². The number of halogens is 2. The number of carbonyl (C=O) groups is 1. The molecule has 0 aliphatic carbocycles. The van der Waals surface area contributed by atoms with Crippen LogP contribution < -0.4 is 5.73 Å². The lowest BCUT2D eigenvalue weighted by molar-refractivity contribution is 0.207.